The van der Waals surface area contributed by atoms with Crippen LogP contribution in [0, 0.1) is 11.3 Å². The molecule has 1 atom stereocenters. The minimum atomic E-state index is -0.433. The molecule has 1 saturated heterocycles. The first kappa shape index (κ1) is 18.4. The molecule has 0 saturated carbocycles. The molecule has 124 valence electrons. The number of nitrogens with one attached hydrogen (secondary N) is 1. The van der Waals surface area contributed by atoms with Gasteiger partial charge in [0.25, 0.3) is 0 Å². The number of carbonyl (C=O) groups is 1. The molecular formula is C16H34N4O. The molecule has 0 aromatic carbocycles. The molecule has 1 amide bonds. The van der Waals surface area contributed by atoms with E-state index in [-0.39, 0.29) is 11.3 Å². The summed E-state index contributed by atoms with van der Waals surface area (Å²) in [7, 11) is 4.22. The van der Waals surface area contributed by atoms with Crippen LogP contribution in [0.4, 0.5) is 0 Å². The Kier molecular flexibility index (Phi) is 7.10. The minimum absolute atomic E-state index is 0.0162. The van der Waals surface area contributed by atoms with Crippen molar-refractivity contribution in [3.05, 3.63) is 0 Å². The summed E-state index contributed by atoms with van der Waals surface area (Å²) in [5.74, 6) is 0.578. The fourth-order valence-electron chi connectivity index (χ4n) is 2.50. The molecule has 0 unspecified atom stereocenters. The van der Waals surface area contributed by atoms with Crippen LogP contribution >= 0.6 is 0 Å². The van der Waals surface area contributed by atoms with Gasteiger partial charge in [-0.05, 0) is 51.4 Å². The first-order chi connectivity index (χ1) is 9.70. The van der Waals surface area contributed by atoms with Gasteiger partial charge in [-0.3, -0.25) is 4.79 Å². The van der Waals surface area contributed by atoms with Gasteiger partial charge in [-0.15, -0.1) is 0 Å². The number of amides is 1. The number of hydrogen-bond donors (Lipinski definition) is 2. The molecule has 0 spiro atoms. The standard InChI is InChI=1S/C16H34N4O/c1-16(2,3)14(17)15(21)18-12-13-6-8-20(9-7-13)11-10-19(4)5/h13-14H,6-12,17H2,1-5H3,(H,18,21)/t14-/m1/s1. The van der Waals surface area contributed by atoms with Gasteiger partial charge in [-0.25, -0.2) is 0 Å². The maximum absolute atomic E-state index is 12.0. The number of likely N-dealkylation sites (tertiary alicyclic amines) is 1. The predicted molar refractivity (Wildman–Crippen MR) is 88.2 cm³/mol. The van der Waals surface area contributed by atoms with Crippen molar-refractivity contribution < 1.29 is 4.79 Å². The number of hydrogen-bond acceptors (Lipinski definition) is 4. The van der Waals surface area contributed by atoms with Gasteiger partial charge in [0.15, 0.2) is 0 Å². The SMILES string of the molecule is CN(C)CCN1CCC(CNC(=O)[C@@H](N)C(C)(C)C)CC1. The lowest BCUT2D eigenvalue weighted by molar-refractivity contribution is -0.124. The fraction of sp³-hybridized carbons (Fsp3) is 0.938. The monoisotopic (exact) mass is 298 g/mol. The van der Waals surface area contributed by atoms with Crippen molar-refractivity contribution in [2.75, 3.05) is 46.8 Å². The molecule has 1 aliphatic rings. The Bertz CT molecular complexity index is 317. The second-order valence-corrected chi connectivity index (χ2v) is 7.68. The molecule has 1 rings (SSSR count). The van der Waals surface area contributed by atoms with E-state index in [1.807, 2.05) is 20.8 Å². The van der Waals surface area contributed by atoms with Crippen LogP contribution < -0.4 is 11.1 Å². The molecule has 1 aliphatic heterocycles. The normalized spacial score (nSPS) is 19.8. The van der Waals surface area contributed by atoms with Crippen LogP contribution in [0.25, 0.3) is 0 Å². The van der Waals surface area contributed by atoms with E-state index in [0.717, 1.165) is 32.7 Å². The van der Waals surface area contributed by atoms with E-state index in [1.54, 1.807) is 0 Å². The van der Waals surface area contributed by atoms with Crippen LogP contribution in [0.1, 0.15) is 33.6 Å². The van der Waals surface area contributed by atoms with E-state index in [0.29, 0.717) is 5.92 Å². The summed E-state index contributed by atoms with van der Waals surface area (Å²) >= 11 is 0. The molecular weight excluding hydrogens is 264 g/mol. The Morgan fingerprint density at radius 2 is 1.90 bits per heavy atom. The van der Waals surface area contributed by atoms with E-state index in [4.69, 9.17) is 5.73 Å². The van der Waals surface area contributed by atoms with Crippen LogP contribution in [0.2, 0.25) is 0 Å². The Balaban J connectivity index is 2.23. The van der Waals surface area contributed by atoms with E-state index in [2.05, 4.69) is 29.2 Å². The molecule has 0 aromatic rings. The topological polar surface area (TPSA) is 61.6 Å². The lowest BCUT2D eigenvalue weighted by Crippen LogP contribution is -2.50. The molecule has 5 heteroatoms. The quantitative estimate of drug-likeness (QED) is 0.760. The highest BCUT2D eigenvalue weighted by Crippen LogP contribution is 2.19. The fourth-order valence-corrected chi connectivity index (χ4v) is 2.50. The van der Waals surface area contributed by atoms with Crippen LogP contribution in [0.3, 0.4) is 0 Å². The number of nitrogens with zero attached hydrogens (tertiary/aromatic N) is 2. The van der Waals surface area contributed by atoms with Crippen molar-refractivity contribution in [3.63, 3.8) is 0 Å². The van der Waals surface area contributed by atoms with Gasteiger partial charge in [0.05, 0.1) is 6.04 Å². The van der Waals surface area contributed by atoms with Gasteiger partial charge in [-0.2, -0.15) is 0 Å². The molecule has 0 bridgehead atoms. The van der Waals surface area contributed by atoms with Crippen LogP contribution in [0.5, 0.6) is 0 Å². The van der Waals surface area contributed by atoms with E-state index in [1.165, 1.54) is 12.8 Å². The van der Waals surface area contributed by atoms with Gasteiger partial charge in [0.1, 0.15) is 0 Å². The van der Waals surface area contributed by atoms with Crippen LogP contribution in [-0.2, 0) is 4.79 Å². The summed E-state index contributed by atoms with van der Waals surface area (Å²) < 4.78 is 0. The lowest BCUT2D eigenvalue weighted by atomic mass is 9.86. The smallest absolute Gasteiger partial charge is 0.237 e. The third-order valence-corrected chi connectivity index (χ3v) is 4.35. The summed E-state index contributed by atoms with van der Waals surface area (Å²) in [4.78, 5) is 16.8. The number of likely N-dealkylation sites (N-methyl/N-ethyl adjacent to an activating group) is 1. The Morgan fingerprint density at radius 1 is 1.33 bits per heavy atom. The minimum Gasteiger partial charge on any atom is -0.354 e. The van der Waals surface area contributed by atoms with Crippen molar-refractivity contribution in [1.82, 2.24) is 15.1 Å². The summed E-state index contributed by atoms with van der Waals surface area (Å²) in [5, 5.41) is 3.03. The Labute approximate surface area is 130 Å². The second kappa shape index (κ2) is 8.11. The highest BCUT2D eigenvalue weighted by molar-refractivity contribution is 5.82. The molecule has 1 fully saturated rings. The Hall–Kier alpha value is -0.650. The van der Waals surface area contributed by atoms with E-state index >= 15 is 0 Å². The highest BCUT2D eigenvalue weighted by Gasteiger charge is 2.28. The van der Waals surface area contributed by atoms with Crippen molar-refractivity contribution in [1.29, 1.82) is 0 Å². The van der Waals surface area contributed by atoms with Gasteiger partial charge < -0.3 is 20.9 Å². The van der Waals surface area contributed by atoms with Gasteiger partial charge in [0, 0.05) is 19.6 Å². The largest absolute Gasteiger partial charge is 0.354 e. The maximum atomic E-state index is 12.0. The number of carbonyl (C=O) groups excluding carboxylic acids is 1. The zero-order valence-electron chi connectivity index (χ0n) is 14.5. The molecule has 0 aromatic heterocycles. The van der Waals surface area contributed by atoms with Crippen molar-refractivity contribution in [3.8, 4) is 0 Å². The average molecular weight is 298 g/mol. The third-order valence-electron chi connectivity index (χ3n) is 4.35. The molecule has 21 heavy (non-hydrogen) atoms. The zero-order chi connectivity index (χ0) is 16.0. The van der Waals surface area contributed by atoms with Crippen LogP contribution in [-0.4, -0.2) is 68.6 Å². The number of nitrogens with two attached hydrogens (primary N) is 1. The molecule has 0 radical (unpaired) electrons. The van der Waals surface area contributed by atoms with Crippen molar-refractivity contribution in [2.45, 2.75) is 39.7 Å². The van der Waals surface area contributed by atoms with Crippen molar-refractivity contribution in [2.24, 2.45) is 17.1 Å². The third kappa shape index (κ3) is 6.76. The lowest BCUT2D eigenvalue weighted by Gasteiger charge is -2.33. The van der Waals surface area contributed by atoms with E-state index in [9.17, 15) is 4.79 Å². The second-order valence-electron chi connectivity index (χ2n) is 7.68. The zero-order valence-corrected chi connectivity index (χ0v) is 14.5. The number of rotatable bonds is 6. The summed E-state index contributed by atoms with van der Waals surface area (Å²) in [6.07, 6.45) is 2.33. The molecule has 5 nitrogen and oxygen atoms in total. The van der Waals surface area contributed by atoms with Gasteiger partial charge >= 0.3 is 0 Å². The van der Waals surface area contributed by atoms with Gasteiger partial charge in [-0.1, -0.05) is 20.8 Å². The van der Waals surface area contributed by atoms with Crippen LogP contribution in [0.15, 0.2) is 0 Å². The van der Waals surface area contributed by atoms with E-state index < -0.39 is 6.04 Å². The predicted octanol–water partition coefficient (Wildman–Crippen LogP) is 0.750. The summed E-state index contributed by atoms with van der Waals surface area (Å²) in [6.45, 7) is 11.3. The summed E-state index contributed by atoms with van der Waals surface area (Å²) in [6, 6.07) is -0.433. The first-order valence-electron chi connectivity index (χ1n) is 8.10. The van der Waals surface area contributed by atoms with Crippen molar-refractivity contribution >= 4 is 5.91 Å². The summed E-state index contributed by atoms with van der Waals surface area (Å²) in [5.41, 5.74) is 5.79. The van der Waals surface area contributed by atoms with Gasteiger partial charge in [0.2, 0.25) is 5.91 Å². The highest BCUT2D eigenvalue weighted by atomic mass is 16.2. The first-order valence-corrected chi connectivity index (χ1v) is 8.10. The maximum Gasteiger partial charge on any atom is 0.237 e. The average Bonchev–Trinajstić information content (AvgIpc) is 2.41. The molecule has 0 aliphatic carbocycles. The molecule has 3 N–H and O–H groups in total. The Morgan fingerprint density at radius 3 is 2.38 bits per heavy atom. The number of piperidine rings is 1. The molecule has 1 heterocycles.